The fourth-order valence-electron chi connectivity index (χ4n) is 3.19. The molecule has 0 saturated carbocycles. The van der Waals surface area contributed by atoms with Gasteiger partial charge in [-0.15, -0.1) is 0 Å². The summed E-state index contributed by atoms with van der Waals surface area (Å²) < 4.78 is 62.5. The molecule has 0 radical (unpaired) electrons. The molecule has 0 fully saturated rings. The number of sulfonamides is 1. The summed E-state index contributed by atoms with van der Waals surface area (Å²) in [5, 5.41) is 10.7. The molecule has 0 aliphatic rings. The van der Waals surface area contributed by atoms with Gasteiger partial charge in [-0.3, -0.25) is 4.72 Å². The summed E-state index contributed by atoms with van der Waals surface area (Å²) >= 11 is 0. The van der Waals surface area contributed by atoms with Gasteiger partial charge in [0.2, 0.25) is 5.75 Å². The van der Waals surface area contributed by atoms with Gasteiger partial charge >= 0.3 is 0 Å². The first-order valence-corrected chi connectivity index (χ1v) is 11.4. The Morgan fingerprint density at radius 1 is 0.824 bits per heavy atom. The van der Waals surface area contributed by atoms with Gasteiger partial charge in [0, 0.05) is 5.56 Å². The maximum atomic E-state index is 13.2. The molecule has 3 aromatic rings. The maximum absolute atomic E-state index is 13.2. The van der Waals surface area contributed by atoms with E-state index < -0.39 is 21.6 Å². The van der Waals surface area contributed by atoms with E-state index in [2.05, 4.69) is 4.72 Å². The Labute approximate surface area is 197 Å². The third kappa shape index (κ3) is 5.18. The third-order valence-corrected chi connectivity index (χ3v) is 6.26. The number of methoxy groups -OCH3 is 4. The van der Waals surface area contributed by atoms with Crippen molar-refractivity contribution < 1.29 is 36.9 Å². The van der Waals surface area contributed by atoms with Crippen molar-refractivity contribution in [3.63, 3.8) is 0 Å². The average molecular weight is 490 g/mol. The number of rotatable bonds is 9. The van der Waals surface area contributed by atoms with E-state index in [9.17, 15) is 17.9 Å². The fourth-order valence-corrected chi connectivity index (χ4v) is 4.28. The summed E-state index contributed by atoms with van der Waals surface area (Å²) in [6.07, 6.45) is 3.28. The summed E-state index contributed by atoms with van der Waals surface area (Å²) in [5.74, 6) is 0.406. The minimum atomic E-state index is -4.14. The number of benzene rings is 3. The van der Waals surface area contributed by atoms with E-state index in [1.165, 1.54) is 34.5 Å². The lowest BCUT2D eigenvalue weighted by atomic mass is 10.1. The van der Waals surface area contributed by atoms with Crippen molar-refractivity contribution in [2.45, 2.75) is 4.90 Å². The molecule has 3 rings (SSSR count). The van der Waals surface area contributed by atoms with Gasteiger partial charge in [-0.2, -0.15) is 0 Å². The number of ether oxygens (including phenoxy) is 4. The fraction of sp³-hybridized carbons (Fsp3) is 0.167. The molecule has 0 saturated heterocycles. The zero-order valence-electron chi connectivity index (χ0n) is 19.0. The number of phenolic OH excluding ortho intramolecular Hbond substituents is 1. The summed E-state index contributed by atoms with van der Waals surface area (Å²) in [4.78, 5) is -0.171. The molecule has 0 aliphatic carbocycles. The van der Waals surface area contributed by atoms with Crippen LogP contribution in [-0.4, -0.2) is 42.0 Å². The molecular weight excluding hydrogens is 465 g/mol. The summed E-state index contributed by atoms with van der Waals surface area (Å²) in [6, 6.07) is 10.8. The van der Waals surface area contributed by atoms with E-state index >= 15 is 0 Å². The van der Waals surface area contributed by atoms with Crippen LogP contribution in [0.5, 0.6) is 28.7 Å². The van der Waals surface area contributed by atoms with Crippen LogP contribution in [0.1, 0.15) is 11.1 Å². The minimum absolute atomic E-state index is 0.0711. The topological polar surface area (TPSA) is 103 Å². The predicted molar refractivity (Wildman–Crippen MR) is 127 cm³/mol. The Hall–Kier alpha value is -3.92. The number of halogens is 1. The van der Waals surface area contributed by atoms with E-state index in [4.69, 9.17) is 18.9 Å². The monoisotopic (exact) mass is 489 g/mol. The molecular formula is C24H24FNO7S. The van der Waals surface area contributed by atoms with E-state index in [1.54, 1.807) is 30.4 Å². The summed E-state index contributed by atoms with van der Waals surface area (Å²) in [5.41, 5.74) is 0.905. The highest BCUT2D eigenvalue weighted by Crippen LogP contribution is 2.41. The Morgan fingerprint density at radius 3 is 1.94 bits per heavy atom. The van der Waals surface area contributed by atoms with E-state index in [0.29, 0.717) is 28.4 Å². The zero-order valence-corrected chi connectivity index (χ0v) is 19.8. The molecule has 180 valence electrons. The Balaban J connectivity index is 2.05. The molecule has 0 aromatic heterocycles. The smallest absolute Gasteiger partial charge is 0.262 e. The van der Waals surface area contributed by atoms with Gasteiger partial charge in [0.15, 0.2) is 23.0 Å². The first-order chi connectivity index (χ1) is 16.2. The van der Waals surface area contributed by atoms with Crippen molar-refractivity contribution in [2.24, 2.45) is 0 Å². The molecule has 0 atom stereocenters. The van der Waals surface area contributed by atoms with Gasteiger partial charge < -0.3 is 24.1 Å². The molecule has 0 aliphatic heterocycles. The van der Waals surface area contributed by atoms with Crippen LogP contribution in [0, 0.1) is 5.82 Å². The highest BCUT2D eigenvalue weighted by Gasteiger charge is 2.20. The molecule has 34 heavy (non-hydrogen) atoms. The average Bonchev–Trinajstić information content (AvgIpc) is 2.83. The number of aromatic hydroxyl groups is 1. The molecule has 0 amide bonds. The molecule has 8 nitrogen and oxygen atoms in total. The van der Waals surface area contributed by atoms with Crippen LogP contribution in [0.25, 0.3) is 12.2 Å². The van der Waals surface area contributed by atoms with Crippen LogP contribution < -0.4 is 23.7 Å². The predicted octanol–water partition coefficient (Wildman–Crippen LogP) is 4.54. The van der Waals surface area contributed by atoms with Crippen LogP contribution in [-0.2, 0) is 10.0 Å². The molecule has 0 bridgehead atoms. The number of hydrogen-bond donors (Lipinski definition) is 2. The Kier molecular flexibility index (Phi) is 7.52. The lowest BCUT2D eigenvalue weighted by Crippen LogP contribution is -2.14. The molecule has 10 heteroatoms. The van der Waals surface area contributed by atoms with Crippen molar-refractivity contribution >= 4 is 27.9 Å². The quantitative estimate of drug-likeness (QED) is 0.336. The second-order valence-corrected chi connectivity index (χ2v) is 8.61. The zero-order chi connectivity index (χ0) is 24.9. The molecule has 3 aromatic carbocycles. The van der Waals surface area contributed by atoms with Crippen LogP contribution in [0.3, 0.4) is 0 Å². The largest absolute Gasteiger partial charge is 0.503 e. The number of hydrogen-bond acceptors (Lipinski definition) is 7. The molecule has 2 N–H and O–H groups in total. The van der Waals surface area contributed by atoms with Gasteiger partial charge in [0.05, 0.1) is 33.3 Å². The van der Waals surface area contributed by atoms with E-state index in [-0.39, 0.29) is 16.3 Å². The van der Waals surface area contributed by atoms with Crippen LogP contribution >= 0.6 is 0 Å². The lowest BCUT2D eigenvalue weighted by molar-refractivity contribution is 0.324. The second-order valence-electron chi connectivity index (χ2n) is 6.93. The van der Waals surface area contributed by atoms with Gasteiger partial charge in [-0.25, -0.2) is 12.8 Å². The van der Waals surface area contributed by atoms with Gasteiger partial charge in [-0.05, 0) is 54.1 Å². The normalized spacial score (nSPS) is 11.3. The standard InChI is InChI=1S/C24H24FNO7S/c1-30-19-12-7-16(6-5-15-13-20(31-2)24(33-4)21(14-15)32-3)22(23(19)27)26-34(28,29)18-10-8-17(25)9-11-18/h5-14,26-27H,1-4H3. The van der Waals surface area contributed by atoms with Crippen LogP contribution in [0.2, 0.25) is 0 Å². The van der Waals surface area contributed by atoms with Gasteiger partial charge in [0.1, 0.15) is 11.5 Å². The third-order valence-electron chi connectivity index (χ3n) is 4.90. The van der Waals surface area contributed by atoms with Crippen LogP contribution in [0.4, 0.5) is 10.1 Å². The maximum Gasteiger partial charge on any atom is 0.262 e. The highest BCUT2D eigenvalue weighted by molar-refractivity contribution is 7.92. The van der Waals surface area contributed by atoms with Crippen molar-refractivity contribution in [1.82, 2.24) is 0 Å². The molecule has 0 unspecified atom stereocenters. The first kappa shape index (κ1) is 24.7. The molecule has 0 spiro atoms. The van der Waals surface area contributed by atoms with Crippen molar-refractivity contribution in [2.75, 3.05) is 33.2 Å². The lowest BCUT2D eigenvalue weighted by Gasteiger charge is -2.15. The summed E-state index contributed by atoms with van der Waals surface area (Å²) in [6.45, 7) is 0. The van der Waals surface area contributed by atoms with Crippen molar-refractivity contribution in [1.29, 1.82) is 0 Å². The first-order valence-electron chi connectivity index (χ1n) is 9.90. The van der Waals surface area contributed by atoms with E-state index in [0.717, 1.165) is 24.3 Å². The van der Waals surface area contributed by atoms with Crippen molar-refractivity contribution in [3.05, 3.63) is 65.5 Å². The Morgan fingerprint density at radius 2 is 1.41 bits per heavy atom. The van der Waals surface area contributed by atoms with Crippen molar-refractivity contribution in [3.8, 4) is 28.7 Å². The number of phenols is 1. The van der Waals surface area contributed by atoms with Crippen LogP contribution in [0.15, 0.2) is 53.4 Å². The Bertz CT molecular complexity index is 1280. The number of nitrogens with one attached hydrogen (secondary N) is 1. The highest BCUT2D eigenvalue weighted by atomic mass is 32.2. The minimum Gasteiger partial charge on any atom is -0.503 e. The number of anilines is 1. The summed E-state index contributed by atoms with van der Waals surface area (Å²) in [7, 11) is 1.69. The molecule has 0 heterocycles. The second kappa shape index (κ2) is 10.3. The van der Waals surface area contributed by atoms with Gasteiger partial charge in [0.25, 0.3) is 10.0 Å². The van der Waals surface area contributed by atoms with Gasteiger partial charge in [-0.1, -0.05) is 12.2 Å². The van der Waals surface area contributed by atoms with E-state index in [1.807, 2.05) is 0 Å². The SMILES string of the molecule is COc1ccc(C=Cc2cc(OC)c(OC)c(OC)c2)c(NS(=O)(=O)c2ccc(F)cc2)c1O.